The van der Waals surface area contributed by atoms with Crippen molar-refractivity contribution in [3.8, 4) is 5.75 Å². The topological polar surface area (TPSA) is 75.7 Å². The summed E-state index contributed by atoms with van der Waals surface area (Å²) in [6.45, 7) is 1.98. The van der Waals surface area contributed by atoms with Crippen molar-refractivity contribution in [3.05, 3.63) is 59.6 Å². The number of anilines is 1. The minimum Gasteiger partial charge on any atom is -0.490 e. The third-order valence-electron chi connectivity index (χ3n) is 3.59. The summed E-state index contributed by atoms with van der Waals surface area (Å²) in [6.07, 6.45) is 1.07. The lowest BCUT2D eigenvalue weighted by molar-refractivity contribution is -0.121. The van der Waals surface area contributed by atoms with E-state index in [2.05, 4.69) is 5.32 Å². The van der Waals surface area contributed by atoms with E-state index in [0.29, 0.717) is 16.5 Å². The Morgan fingerprint density at radius 1 is 1.15 bits per heavy atom. The van der Waals surface area contributed by atoms with Crippen molar-refractivity contribution in [1.82, 2.24) is 5.32 Å². The first-order valence-electron chi connectivity index (χ1n) is 8.00. The van der Waals surface area contributed by atoms with Gasteiger partial charge in [-0.2, -0.15) is 0 Å². The lowest BCUT2D eigenvalue weighted by Gasteiger charge is -2.28. The van der Waals surface area contributed by atoms with E-state index in [1.54, 1.807) is 54.6 Å². The van der Waals surface area contributed by atoms with Crippen molar-refractivity contribution in [1.29, 1.82) is 0 Å². The third-order valence-corrected chi connectivity index (χ3v) is 5.15. The van der Waals surface area contributed by atoms with Gasteiger partial charge in [-0.05, 0) is 31.2 Å². The summed E-state index contributed by atoms with van der Waals surface area (Å²) >= 11 is 5.99. The van der Waals surface area contributed by atoms with Gasteiger partial charge in [-0.3, -0.25) is 9.10 Å². The molecule has 0 radical (unpaired) electrons. The summed E-state index contributed by atoms with van der Waals surface area (Å²) in [5, 5.41) is 3.17. The van der Waals surface area contributed by atoms with E-state index in [1.165, 1.54) is 6.92 Å². The maximum atomic E-state index is 12.4. The molecule has 1 amide bonds. The number of carbonyl (C=O) groups excluding carboxylic acids is 1. The Morgan fingerprint density at radius 3 is 2.38 bits per heavy atom. The third kappa shape index (κ3) is 5.37. The van der Waals surface area contributed by atoms with Crippen molar-refractivity contribution in [2.24, 2.45) is 0 Å². The molecule has 0 spiro atoms. The van der Waals surface area contributed by atoms with Gasteiger partial charge in [0.05, 0.1) is 23.5 Å². The molecule has 8 heteroatoms. The zero-order valence-electron chi connectivity index (χ0n) is 14.6. The van der Waals surface area contributed by atoms with Gasteiger partial charge >= 0.3 is 0 Å². The second-order valence-electron chi connectivity index (χ2n) is 5.64. The minimum atomic E-state index is -3.62. The van der Waals surface area contributed by atoms with E-state index >= 15 is 0 Å². The Kier molecular flexibility index (Phi) is 6.88. The largest absolute Gasteiger partial charge is 0.490 e. The van der Waals surface area contributed by atoms with Crippen molar-refractivity contribution in [3.63, 3.8) is 0 Å². The highest BCUT2D eigenvalue weighted by Gasteiger charge is 2.28. The highest BCUT2D eigenvalue weighted by atomic mass is 35.5. The summed E-state index contributed by atoms with van der Waals surface area (Å²) in [4.78, 5) is 12.4. The van der Waals surface area contributed by atoms with E-state index in [-0.39, 0.29) is 13.2 Å². The number of carbonyl (C=O) groups is 1. The number of halogens is 1. The molecule has 0 aliphatic heterocycles. The Hall–Kier alpha value is -2.25. The molecular formula is C18H21ClN2O4S. The van der Waals surface area contributed by atoms with Gasteiger partial charge in [-0.25, -0.2) is 8.42 Å². The van der Waals surface area contributed by atoms with Gasteiger partial charge in [0.25, 0.3) is 0 Å². The van der Waals surface area contributed by atoms with Crippen LogP contribution < -0.4 is 14.4 Å². The van der Waals surface area contributed by atoms with E-state index in [0.717, 1.165) is 10.6 Å². The molecular weight excluding hydrogens is 376 g/mol. The zero-order chi connectivity index (χ0) is 19.2. The number of para-hydroxylation sites is 2. The first kappa shape index (κ1) is 20.1. The number of nitrogens with one attached hydrogen (secondary N) is 1. The lowest BCUT2D eigenvalue weighted by atomic mass is 10.2. The fourth-order valence-corrected chi connectivity index (χ4v) is 3.79. The van der Waals surface area contributed by atoms with E-state index in [4.69, 9.17) is 16.3 Å². The van der Waals surface area contributed by atoms with Crippen LogP contribution in [0.15, 0.2) is 54.6 Å². The second kappa shape index (κ2) is 8.91. The van der Waals surface area contributed by atoms with Gasteiger partial charge in [0.15, 0.2) is 0 Å². The zero-order valence-corrected chi connectivity index (χ0v) is 16.1. The van der Waals surface area contributed by atoms with Gasteiger partial charge < -0.3 is 10.1 Å². The number of amides is 1. The van der Waals surface area contributed by atoms with E-state index in [9.17, 15) is 13.2 Å². The van der Waals surface area contributed by atoms with E-state index < -0.39 is 22.0 Å². The van der Waals surface area contributed by atoms with Gasteiger partial charge in [0.1, 0.15) is 18.4 Å². The number of hydrogen-bond donors (Lipinski definition) is 1. The summed E-state index contributed by atoms with van der Waals surface area (Å²) < 4.78 is 30.9. The second-order valence-corrected chi connectivity index (χ2v) is 7.91. The SMILES string of the molecule is C[C@H](C(=O)NCCOc1ccccc1Cl)N(c1ccccc1)S(C)(=O)=O. The van der Waals surface area contributed by atoms with Crippen LogP contribution >= 0.6 is 11.6 Å². The van der Waals surface area contributed by atoms with Gasteiger partial charge in [0.2, 0.25) is 15.9 Å². The monoisotopic (exact) mass is 396 g/mol. The first-order valence-corrected chi connectivity index (χ1v) is 10.2. The maximum Gasteiger partial charge on any atom is 0.243 e. The molecule has 0 unspecified atom stereocenters. The van der Waals surface area contributed by atoms with Crippen molar-refractivity contribution in [2.75, 3.05) is 23.7 Å². The fraction of sp³-hybridized carbons (Fsp3) is 0.278. The van der Waals surface area contributed by atoms with Crippen LogP contribution in [0.2, 0.25) is 5.02 Å². The molecule has 0 saturated carbocycles. The molecule has 0 aliphatic carbocycles. The molecule has 0 aliphatic rings. The highest BCUT2D eigenvalue weighted by molar-refractivity contribution is 7.92. The van der Waals surface area contributed by atoms with Crippen molar-refractivity contribution in [2.45, 2.75) is 13.0 Å². The molecule has 1 N–H and O–H groups in total. The number of benzene rings is 2. The predicted octanol–water partition coefficient (Wildman–Crippen LogP) is 2.69. The smallest absolute Gasteiger partial charge is 0.243 e. The molecule has 0 fully saturated rings. The molecule has 26 heavy (non-hydrogen) atoms. The van der Waals surface area contributed by atoms with Crippen LogP contribution in [0.1, 0.15) is 6.92 Å². The highest BCUT2D eigenvalue weighted by Crippen LogP contribution is 2.23. The molecule has 2 rings (SSSR count). The molecule has 140 valence electrons. The Balaban J connectivity index is 1.96. The van der Waals surface area contributed by atoms with Crippen LogP contribution in [0.3, 0.4) is 0 Å². The summed E-state index contributed by atoms with van der Waals surface area (Å²) in [5.41, 5.74) is 0.435. The van der Waals surface area contributed by atoms with Crippen LogP contribution in [0, 0.1) is 0 Å². The van der Waals surface area contributed by atoms with Gasteiger partial charge in [-0.1, -0.05) is 41.9 Å². The van der Waals surface area contributed by atoms with Gasteiger partial charge in [-0.15, -0.1) is 0 Å². The molecule has 0 aromatic heterocycles. The molecule has 6 nitrogen and oxygen atoms in total. The number of rotatable bonds is 8. The number of ether oxygens (including phenoxy) is 1. The van der Waals surface area contributed by atoms with Crippen LogP contribution in [0.25, 0.3) is 0 Å². The van der Waals surface area contributed by atoms with Crippen molar-refractivity contribution >= 4 is 33.2 Å². The van der Waals surface area contributed by atoms with Crippen molar-refractivity contribution < 1.29 is 17.9 Å². The van der Waals surface area contributed by atoms with Crippen LogP contribution in [-0.4, -0.2) is 39.8 Å². The molecule has 2 aromatic carbocycles. The fourth-order valence-electron chi connectivity index (χ4n) is 2.43. The molecule has 0 saturated heterocycles. The summed E-state index contributed by atoms with van der Waals surface area (Å²) in [6, 6.07) is 14.6. The quantitative estimate of drug-likeness (QED) is 0.696. The normalized spacial score (nSPS) is 12.3. The minimum absolute atomic E-state index is 0.215. The molecule has 0 bridgehead atoms. The number of sulfonamides is 1. The maximum absolute atomic E-state index is 12.4. The number of nitrogens with zero attached hydrogens (tertiary/aromatic N) is 1. The summed E-state index contributed by atoms with van der Waals surface area (Å²) in [5.74, 6) is 0.112. The Morgan fingerprint density at radius 2 is 1.77 bits per heavy atom. The average molecular weight is 397 g/mol. The number of hydrogen-bond acceptors (Lipinski definition) is 4. The first-order chi connectivity index (χ1) is 12.3. The lowest BCUT2D eigenvalue weighted by Crippen LogP contribution is -2.48. The van der Waals surface area contributed by atoms with E-state index in [1.807, 2.05) is 0 Å². The van der Waals surface area contributed by atoms with Gasteiger partial charge in [0, 0.05) is 0 Å². The summed E-state index contributed by atoms with van der Waals surface area (Å²) in [7, 11) is -3.62. The predicted molar refractivity (Wildman–Crippen MR) is 103 cm³/mol. The van der Waals surface area contributed by atoms with Crippen LogP contribution in [0.5, 0.6) is 5.75 Å². The van der Waals surface area contributed by atoms with Crippen LogP contribution in [0.4, 0.5) is 5.69 Å². The standard InChI is InChI=1S/C18H21ClN2O4S/c1-14(21(26(2,23)24)15-8-4-3-5-9-15)18(22)20-12-13-25-17-11-7-6-10-16(17)19/h3-11,14H,12-13H2,1-2H3,(H,20,22)/t14-/m1/s1. The molecule has 2 aromatic rings. The average Bonchev–Trinajstić information content (AvgIpc) is 2.59. The Labute approximate surface area is 158 Å². The Bertz CT molecular complexity index is 843. The van der Waals surface area contributed by atoms with Crippen LogP contribution in [-0.2, 0) is 14.8 Å². The molecule has 0 heterocycles. The molecule has 1 atom stereocenters.